The fraction of sp³-hybridized carbons (Fsp3) is 0. The maximum absolute atomic E-state index is 6.82. The van der Waals surface area contributed by atoms with E-state index in [-0.39, 0.29) is 0 Å². The van der Waals surface area contributed by atoms with E-state index in [1.807, 2.05) is 30.3 Å². The van der Waals surface area contributed by atoms with Gasteiger partial charge in [-0.1, -0.05) is 66.2 Å². The lowest BCUT2D eigenvalue weighted by molar-refractivity contribution is 0.671. The number of aromatic nitrogens is 1. The topological polar surface area (TPSA) is 18.1 Å². The summed E-state index contributed by atoms with van der Waals surface area (Å²) in [6, 6.07) is 28.9. The number of rotatable bonds is 1. The monoisotopic (exact) mass is 367 g/mol. The SMILES string of the molecule is Clc1cc2c3ccccc3oc2c2c1c1ccccc1n2-c1ccccc1. The van der Waals surface area contributed by atoms with Crippen LogP contribution in [0.2, 0.25) is 5.02 Å². The van der Waals surface area contributed by atoms with Crippen LogP contribution in [0, 0.1) is 0 Å². The van der Waals surface area contributed by atoms with Gasteiger partial charge in [-0.05, 0) is 30.3 Å². The molecule has 0 unspecified atom stereocenters. The van der Waals surface area contributed by atoms with Crippen LogP contribution in [0.25, 0.3) is 49.4 Å². The highest BCUT2D eigenvalue weighted by molar-refractivity contribution is 6.41. The van der Waals surface area contributed by atoms with Crippen molar-refractivity contribution in [2.24, 2.45) is 0 Å². The van der Waals surface area contributed by atoms with E-state index >= 15 is 0 Å². The highest BCUT2D eigenvalue weighted by Crippen LogP contribution is 2.43. The minimum atomic E-state index is 0.745. The Balaban J connectivity index is 1.96. The van der Waals surface area contributed by atoms with Crippen LogP contribution in [-0.4, -0.2) is 4.57 Å². The van der Waals surface area contributed by atoms with Crippen LogP contribution in [0.3, 0.4) is 0 Å². The van der Waals surface area contributed by atoms with Crippen molar-refractivity contribution in [1.29, 1.82) is 0 Å². The third kappa shape index (κ3) is 1.96. The van der Waals surface area contributed by atoms with Crippen molar-refractivity contribution in [3.05, 3.63) is 90.0 Å². The summed E-state index contributed by atoms with van der Waals surface area (Å²) in [4.78, 5) is 0. The van der Waals surface area contributed by atoms with Crippen LogP contribution in [0.5, 0.6) is 0 Å². The average Bonchev–Trinajstić information content (AvgIpc) is 3.25. The first-order valence-electron chi connectivity index (χ1n) is 8.91. The molecule has 0 aliphatic rings. The van der Waals surface area contributed by atoms with Crippen LogP contribution in [0.1, 0.15) is 0 Å². The first kappa shape index (κ1) is 14.9. The van der Waals surface area contributed by atoms with E-state index in [4.69, 9.17) is 16.0 Å². The number of halogens is 1. The van der Waals surface area contributed by atoms with Gasteiger partial charge in [0.15, 0.2) is 5.58 Å². The average molecular weight is 368 g/mol. The maximum Gasteiger partial charge on any atom is 0.160 e. The van der Waals surface area contributed by atoms with Crippen LogP contribution in [-0.2, 0) is 0 Å². The Labute approximate surface area is 160 Å². The molecule has 3 heteroatoms. The first-order valence-corrected chi connectivity index (χ1v) is 9.29. The van der Waals surface area contributed by atoms with Crippen LogP contribution in [0.15, 0.2) is 89.3 Å². The number of para-hydroxylation sites is 3. The van der Waals surface area contributed by atoms with Gasteiger partial charge in [0.1, 0.15) is 5.58 Å². The summed E-state index contributed by atoms with van der Waals surface area (Å²) in [5, 5.41) is 5.03. The van der Waals surface area contributed by atoms with Crippen molar-refractivity contribution < 1.29 is 4.42 Å². The van der Waals surface area contributed by atoms with Crippen molar-refractivity contribution >= 4 is 55.3 Å². The van der Waals surface area contributed by atoms with Gasteiger partial charge in [-0.25, -0.2) is 0 Å². The molecule has 0 bridgehead atoms. The molecule has 0 saturated heterocycles. The van der Waals surface area contributed by atoms with E-state index in [1.165, 1.54) is 0 Å². The zero-order valence-corrected chi connectivity index (χ0v) is 15.1. The molecule has 27 heavy (non-hydrogen) atoms. The molecular formula is C24H14ClNO. The van der Waals surface area contributed by atoms with Gasteiger partial charge in [0.25, 0.3) is 0 Å². The Hall–Kier alpha value is -3.23. The predicted octanol–water partition coefficient (Wildman–Crippen LogP) is 7.34. The zero-order valence-electron chi connectivity index (χ0n) is 14.3. The molecule has 0 spiro atoms. The Bertz CT molecular complexity index is 1470. The van der Waals surface area contributed by atoms with Gasteiger partial charge in [0, 0.05) is 27.2 Å². The Morgan fingerprint density at radius 1 is 0.704 bits per heavy atom. The van der Waals surface area contributed by atoms with E-state index in [1.54, 1.807) is 0 Å². The highest BCUT2D eigenvalue weighted by Gasteiger charge is 2.21. The lowest BCUT2D eigenvalue weighted by Gasteiger charge is -2.08. The predicted molar refractivity (Wildman–Crippen MR) is 113 cm³/mol. The molecule has 128 valence electrons. The second-order valence-electron chi connectivity index (χ2n) is 6.75. The molecule has 6 aromatic rings. The van der Waals surface area contributed by atoms with Gasteiger partial charge in [-0.15, -0.1) is 0 Å². The molecular weight excluding hydrogens is 354 g/mol. The quantitative estimate of drug-likeness (QED) is 0.297. The van der Waals surface area contributed by atoms with Crippen LogP contribution < -0.4 is 0 Å². The van der Waals surface area contributed by atoms with Crippen molar-refractivity contribution in [2.45, 2.75) is 0 Å². The number of hydrogen-bond donors (Lipinski definition) is 0. The van der Waals surface area contributed by atoms with E-state index in [9.17, 15) is 0 Å². The van der Waals surface area contributed by atoms with E-state index in [0.717, 1.165) is 54.5 Å². The largest absolute Gasteiger partial charge is 0.454 e. The van der Waals surface area contributed by atoms with Crippen molar-refractivity contribution in [3.8, 4) is 5.69 Å². The lowest BCUT2D eigenvalue weighted by atomic mass is 10.1. The zero-order chi connectivity index (χ0) is 18.0. The number of furan rings is 1. The highest BCUT2D eigenvalue weighted by atomic mass is 35.5. The molecule has 6 rings (SSSR count). The minimum absolute atomic E-state index is 0.745. The number of nitrogens with zero attached hydrogens (tertiary/aromatic N) is 1. The summed E-state index contributed by atoms with van der Waals surface area (Å²) in [5.74, 6) is 0. The Morgan fingerprint density at radius 2 is 1.41 bits per heavy atom. The Morgan fingerprint density at radius 3 is 2.26 bits per heavy atom. The molecule has 0 atom stereocenters. The van der Waals surface area contributed by atoms with Gasteiger partial charge >= 0.3 is 0 Å². The van der Waals surface area contributed by atoms with Crippen LogP contribution in [0.4, 0.5) is 0 Å². The Kier molecular flexibility index (Phi) is 2.97. The van der Waals surface area contributed by atoms with Gasteiger partial charge in [0.05, 0.1) is 16.1 Å². The number of benzene rings is 4. The third-order valence-corrected chi connectivity index (χ3v) is 5.55. The van der Waals surface area contributed by atoms with E-state index in [0.29, 0.717) is 0 Å². The normalized spacial score (nSPS) is 11.9. The third-order valence-electron chi connectivity index (χ3n) is 5.25. The molecule has 0 amide bonds. The summed E-state index contributed by atoms with van der Waals surface area (Å²) in [6.07, 6.45) is 0. The standard InChI is InChI=1S/C24H14ClNO/c25-19-14-18-16-10-5-7-13-21(16)27-24(18)23-22(19)17-11-4-6-12-20(17)26(23)15-8-2-1-3-9-15/h1-14H. The molecule has 0 aliphatic heterocycles. The lowest BCUT2D eigenvalue weighted by Crippen LogP contribution is -1.93. The second kappa shape index (κ2) is 5.38. The van der Waals surface area contributed by atoms with Crippen LogP contribution >= 0.6 is 11.6 Å². The molecule has 2 heterocycles. The summed E-state index contributed by atoms with van der Waals surface area (Å²) in [6.45, 7) is 0. The van der Waals surface area contributed by atoms with E-state index < -0.39 is 0 Å². The number of hydrogen-bond acceptors (Lipinski definition) is 1. The minimum Gasteiger partial charge on any atom is -0.454 e. The van der Waals surface area contributed by atoms with Gasteiger partial charge in [0.2, 0.25) is 0 Å². The molecule has 0 aliphatic carbocycles. The van der Waals surface area contributed by atoms with E-state index in [2.05, 4.69) is 59.2 Å². The second-order valence-corrected chi connectivity index (χ2v) is 7.15. The molecule has 0 fully saturated rings. The number of fused-ring (bicyclic) bond motifs is 7. The smallest absolute Gasteiger partial charge is 0.160 e. The fourth-order valence-electron chi connectivity index (χ4n) is 4.13. The van der Waals surface area contributed by atoms with Crippen molar-refractivity contribution in [3.63, 3.8) is 0 Å². The van der Waals surface area contributed by atoms with Crippen molar-refractivity contribution in [2.75, 3.05) is 0 Å². The molecule has 4 aromatic carbocycles. The van der Waals surface area contributed by atoms with Gasteiger partial charge in [-0.3, -0.25) is 0 Å². The first-order chi connectivity index (χ1) is 13.3. The van der Waals surface area contributed by atoms with Gasteiger partial charge < -0.3 is 8.98 Å². The maximum atomic E-state index is 6.82. The van der Waals surface area contributed by atoms with Gasteiger partial charge in [-0.2, -0.15) is 0 Å². The summed E-state index contributed by atoms with van der Waals surface area (Å²) < 4.78 is 8.58. The molecule has 2 aromatic heterocycles. The molecule has 2 nitrogen and oxygen atoms in total. The van der Waals surface area contributed by atoms with Crippen molar-refractivity contribution in [1.82, 2.24) is 4.57 Å². The molecule has 0 radical (unpaired) electrons. The molecule has 0 saturated carbocycles. The summed E-state index contributed by atoms with van der Waals surface area (Å²) >= 11 is 6.82. The fourth-order valence-corrected chi connectivity index (χ4v) is 4.43. The molecule has 0 N–H and O–H groups in total. The summed E-state index contributed by atoms with van der Waals surface area (Å²) in [7, 11) is 0. The summed E-state index contributed by atoms with van der Waals surface area (Å²) in [5.41, 5.74) is 4.97.